The summed E-state index contributed by atoms with van der Waals surface area (Å²) in [5.74, 6) is 0. The Balaban J connectivity index is 2.11. The maximum absolute atomic E-state index is 6.23. The summed E-state index contributed by atoms with van der Waals surface area (Å²) in [5, 5.41) is 2.31. The molecule has 0 aliphatic rings. The summed E-state index contributed by atoms with van der Waals surface area (Å²) < 4.78 is 0. The Bertz CT molecular complexity index is 892. The van der Waals surface area contributed by atoms with E-state index in [2.05, 4.69) is 4.98 Å². The zero-order chi connectivity index (χ0) is 16.6. The van der Waals surface area contributed by atoms with E-state index in [0.29, 0.717) is 25.2 Å². The summed E-state index contributed by atoms with van der Waals surface area (Å²) in [4.78, 5) is 4.25. The third-order valence-corrected chi connectivity index (χ3v) is 5.10. The molecule has 0 atom stereocenters. The molecule has 1 nitrogen and oxygen atoms in total. The van der Waals surface area contributed by atoms with Crippen LogP contribution in [0.5, 0.6) is 0 Å². The lowest BCUT2D eigenvalue weighted by atomic mass is 10.0. The van der Waals surface area contributed by atoms with Gasteiger partial charge in [-0.05, 0) is 41.5 Å². The van der Waals surface area contributed by atoms with Gasteiger partial charge in [0.15, 0.2) is 0 Å². The van der Waals surface area contributed by atoms with Crippen LogP contribution in [0, 0.1) is 0 Å². The van der Waals surface area contributed by atoms with E-state index < -0.39 is 0 Å². The van der Waals surface area contributed by atoms with Gasteiger partial charge in [0.05, 0.1) is 20.1 Å². The van der Waals surface area contributed by atoms with Crippen molar-refractivity contribution in [2.45, 2.75) is 0 Å². The van der Waals surface area contributed by atoms with Crippen LogP contribution in [-0.4, -0.2) is 4.98 Å². The van der Waals surface area contributed by atoms with Gasteiger partial charge in [-0.25, -0.2) is 4.98 Å². The third kappa shape index (κ3) is 3.60. The average molecular weight is 404 g/mol. The monoisotopic (exact) mass is 401 g/mol. The smallest absolute Gasteiger partial charge is 0.136 e. The van der Waals surface area contributed by atoms with Gasteiger partial charge in [-0.3, -0.25) is 0 Å². The number of benzene rings is 2. The van der Waals surface area contributed by atoms with Crippen molar-refractivity contribution in [3.63, 3.8) is 0 Å². The summed E-state index contributed by atoms with van der Waals surface area (Å²) in [6, 6.07) is 12.6. The summed E-state index contributed by atoms with van der Waals surface area (Å²) in [6.07, 6.45) is 1.68. The number of hydrogen-bond acceptors (Lipinski definition) is 1. The van der Waals surface area contributed by atoms with E-state index in [9.17, 15) is 0 Å². The first-order valence-corrected chi connectivity index (χ1v) is 8.41. The minimum absolute atomic E-state index is 0.382. The van der Waals surface area contributed by atoms with Gasteiger partial charge in [-0.1, -0.05) is 70.1 Å². The van der Waals surface area contributed by atoms with Gasteiger partial charge >= 0.3 is 0 Å². The first-order valence-electron chi connectivity index (χ1n) is 6.52. The molecule has 0 amide bonds. The van der Waals surface area contributed by atoms with E-state index in [-0.39, 0.29) is 0 Å². The van der Waals surface area contributed by atoms with Gasteiger partial charge in [0.25, 0.3) is 0 Å². The first kappa shape index (κ1) is 16.9. The van der Waals surface area contributed by atoms with Gasteiger partial charge in [0.2, 0.25) is 0 Å². The quantitative estimate of drug-likeness (QED) is 0.400. The number of pyridine rings is 1. The number of rotatable bonds is 2. The zero-order valence-electron chi connectivity index (χ0n) is 11.5. The first-order chi connectivity index (χ1) is 11.0. The standard InChI is InChI=1S/C17H8Cl5N/c18-13-3-1-9(6-15(13)20)11-5-12(17(22)23-8-11)10-2-4-14(19)16(21)7-10/h1-8H. The molecule has 0 saturated carbocycles. The molecule has 116 valence electrons. The second kappa shape index (κ2) is 6.88. The minimum Gasteiger partial charge on any atom is -0.243 e. The largest absolute Gasteiger partial charge is 0.243 e. The molecule has 2 aromatic carbocycles. The van der Waals surface area contributed by atoms with Crippen molar-refractivity contribution in [1.82, 2.24) is 4.98 Å². The van der Waals surface area contributed by atoms with E-state index in [1.54, 1.807) is 30.5 Å². The highest BCUT2D eigenvalue weighted by Gasteiger charge is 2.10. The molecule has 0 spiro atoms. The van der Waals surface area contributed by atoms with Gasteiger partial charge < -0.3 is 0 Å². The van der Waals surface area contributed by atoms with E-state index in [0.717, 1.165) is 22.3 Å². The summed E-state index contributed by atoms with van der Waals surface area (Å²) in [5.41, 5.74) is 3.35. The van der Waals surface area contributed by atoms with Gasteiger partial charge in [0, 0.05) is 17.3 Å². The highest BCUT2D eigenvalue weighted by Crippen LogP contribution is 2.35. The lowest BCUT2D eigenvalue weighted by Crippen LogP contribution is -1.87. The molecule has 0 radical (unpaired) electrons. The van der Waals surface area contributed by atoms with Crippen molar-refractivity contribution in [2.24, 2.45) is 0 Å². The van der Waals surface area contributed by atoms with Crippen LogP contribution in [0.25, 0.3) is 22.3 Å². The molecule has 0 saturated heterocycles. The van der Waals surface area contributed by atoms with E-state index in [1.165, 1.54) is 0 Å². The maximum Gasteiger partial charge on any atom is 0.136 e. The predicted octanol–water partition coefficient (Wildman–Crippen LogP) is 7.68. The van der Waals surface area contributed by atoms with Gasteiger partial charge in [-0.2, -0.15) is 0 Å². The highest BCUT2D eigenvalue weighted by atomic mass is 35.5. The Morgan fingerprint density at radius 2 is 1.13 bits per heavy atom. The lowest BCUT2D eigenvalue weighted by Gasteiger charge is -2.09. The molecule has 3 aromatic rings. The van der Waals surface area contributed by atoms with Crippen molar-refractivity contribution in [3.05, 3.63) is 73.9 Å². The summed E-state index contributed by atoms with van der Waals surface area (Å²) >= 11 is 30.3. The van der Waals surface area contributed by atoms with E-state index >= 15 is 0 Å². The molecule has 0 aliphatic heterocycles. The number of hydrogen-bond donors (Lipinski definition) is 0. The predicted molar refractivity (Wildman–Crippen MR) is 100 cm³/mol. The topological polar surface area (TPSA) is 12.9 Å². The molecule has 6 heteroatoms. The van der Waals surface area contributed by atoms with Crippen molar-refractivity contribution >= 4 is 58.0 Å². The van der Waals surface area contributed by atoms with Crippen LogP contribution in [0.2, 0.25) is 25.2 Å². The summed E-state index contributed by atoms with van der Waals surface area (Å²) in [6.45, 7) is 0. The van der Waals surface area contributed by atoms with Crippen molar-refractivity contribution in [1.29, 1.82) is 0 Å². The molecule has 0 fully saturated rings. The van der Waals surface area contributed by atoms with Crippen LogP contribution < -0.4 is 0 Å². The molecule has 1 heterocycles. The van der Waals surface area contributed by atoms with Crippen LogP contribution in [0.1, 0.15) is 0 Å². The fourth-order valence-corrected chi connectivity index (χ4v) is 2.96. The van der Waals surface area contributed by atoms with Crippen molar-refractivity contribution in [2.75, 3.05) is 0 Å². The second-order valence-electron chi connectivity index (χ2n) is 4.82. The minimum atomic E-state index is 0.382. The van der Waals surface area contributed by atoms with Crippen LogP contribution in [0.3, 0.4) is 0 Å². The van der Waals surface area contributed by atoms with E-state index in [4.69, 9.17) is 58.0 Å². The van der Waals surface area contributed by atoms with Gasteiger partial charge in [-0.15, -0.1) is 0 Å². The molecule has 0 aliphatic carbocycles. The fourth-order valence-electron chi connectivity index (χ4n) is 2.15. The van der Waals surface area contributed by atoms with Crippen LogP contribution in [-0.2, 0) is 0 Å². The highest BCUT2D eigenvalue weighted by molar-refractivity contribution is 6.42. The summed E-state index contributed by atoms with van der Waals surface area (Å²) in [7, 11) is 0. The molecule has 3 rings (SSSR count). The number of halogens is 5. The van der Waals surface area contributed by atoms with Crippen molar-refractivity contribution in [3.8, 4) is 22.3 Å². The second-order valence-corrected chi connectivity index (χ2v) is 6.81. The number of nitrogens with zero attached hydrogens (tertiary/aromatic N) is 1. The Kier molecular flexibility index (Phi) is 5.05. The molecular formula is C17H8Cl5N. The van der Waals surface area contributed by atoms with E-state index in [1.807, 2.05) is 18.2 Å². The fraction of sp³-hybridized carbons (Fsp3) is 0. The molecular weight excluding hydrogens is 395 g/mol. The SMILES string of the molecule is Clc1ccc(-c2cnc(Cl)c(-c3ccc(Cl)c(Cl)c3)c2)cc1Cl. The van der Waals surface area contributed by atoms with Gasteiger partial charge in [0.1, 0.15) is 5.15 Å². The van der Waals surface area contributed by atoms with Crippen molar-refractivity contribution < 1.29 is 0 Å². The molecule has 23 heavy (non-hydrogen) atoms. The Morgan fingerprint density at radius 1 is 0.565 bits per heavy atom. The normalized spacial score (nSPS) is 10.8. The maximum atomic E-state index is 6.23. The molecule has 1 aromatic heterocycles. The molecule has 0 unspecified atom stereocenters. The number of aromatic nitrogens is 1. The lowest BCUT2D eigenvalue weighted by molar-refractivity contribution is 1.33. The third-order valence-electron chi connectivity index (χ3n) is 3.32. The van der Waals surface area contributed by atoms with Crippen LogP contribution in [0.4, 0.5) is 0 Å². The molecule has 0 N–H and O–H groups in total. The van der Waals surface area contributed by atoms with Crippen LogP contribution in [0.15, 0.2) is 48.7 Å². The Hall–Kier alpha value is -0.960. The Morgan fingerprint density at radius 3 is 1.74 bits per heavy atom. The molecule has 0 bridgehead atoms. The average Bonchev–Trinajstić information content (AvgIpc) is 2.53. The zero-order valence-corrected chi connectivity index (χ0v) is 15.2. The Labute approximate surface area is 158 Å². The van der Waals surface area contributed by atoms with Crippen LogP contribution >= 0.6 is 58.0 Å².